The Morgan fingerprint density at radius 3 is 2.67 bits per heavy atom. The minimum absolute atomic E-state index is 0.0167. The van der Waals surface area contributed by atoms with Crippen molar-refractivity contribution in [2.75, 3.05) is 12.3 Å². The summed E-state index contributed by atoms with van der Waals surface area (Å²) in [6.45, 7) is 1.42. The zero-order chi connectivity index (χ0) is 15.6. The Morgan fingerprint density at radius 2 is 2.10 bits per heavy atom. The van der Waals surface area contributed by atoms with Crippen molar-refractivity contribution < 1.29 is 17.6 Å². The standard InChI is InChI=1S/C13H18FN3O3S/c1-8-6-10(7-11(15)13(8)14)21(19,20)16-5-4-12(18)17-9-2-3-9/h6-7,9,16H,2-5,15H2,1H3,(H,17,18). The molecule has 0 saturated heterocycles. The molecule has 0 bridgehead atoms. The van der Waals surface area contributed by atoms with Gasteiger partial charge < -0.3 is 11.1 Å². The van der Waals surface area contributed by atoms with Crippen LogP contribution < -0.4 is 15.8 Å². The van der Waals surface area contributed by atoms with Crippen molar-refractivity contribution in [2.45, 2.75) is 37.1 Å². The largest absolute Gasteiger partial charge is 0.396 e. The minimum Gasteiger partial charge on any atom is -0.396 e. The Labute approximate surface area is 123 Å². The number of carbonyl (C=O) groups is 1. The molecule has 1 aromatic carbocycles. The van der Waals surface area contributed by atoms with Crippen LogP contribution in [0.4, 0.5) is 10.1 Å². The van der Waals surface area contributed by atoms with Gasteiger partial charge in [-0.3, -0.25) is 4.79 Å². The van der Waals surface area contributed by atoms with Crippen LogP contribution in [-0.2, 0) is 14.8 Å². The second kappa shape index (κ2) is 5.98. The third-order valence-electron chi connectivity index (χ3n) is 3.15. The lowest BCUT2D eigenvalue weighted by Gasteiger charge is -2.09. The molecular weight excluding hydrogens is 297 g/mol. The summed E-state index contributed by atoms with van der Waals surface area (Å²) in [6, 6.07) is 2.52. The number of aryl methyl sites for hydroxylation is 1. The molecule has 6 nitrogen and oxygen atoms in total. The molecule has 8 heteroatoms. The maximum Gasteiger partial charge on any atom is 0.240 e. The van der Waals surface area contributed by atoms with Gasteiger partial charge in [0, 0.05) is 19.0 Å². The third kappa shape index (κ3) is 4.15. The average molecular weight is 315 g/mol. The number of nitrogen functional groups attached to an aromatic ring is 1. The monoisotopic (exact) mass is 315 g/mol. The van der Waals surface area contributed by atoms with Crippen molar-refractivity contribution >= 4 is 21.6 Å². The Morgan fingerprint density at radius 1 is 1.43 bits per heavy atom. The smallest absolute Gasteiger partial charge is 0.240 e. The molecule has 1 fully saturated rings. The van der Waals surface area contributed by atoms with Gasteiger partial charge in [-0.2, -0.15) is 0 Å². The highest BCUT2D eigenvalue weighted by atomic mass is 32.2. The highest BCUT2D eigenvalue weighted by molar-refractivity contribution is 7.89. The number of carbonyl (C=O) groups excluding carboxylic acids is 1. The van der Waals surface area contributed by atoms with E-state index in [1.165, 1.54) is 13.0 Å². The zero-order valence-corrected chi connectivity index (χ0v) is 12.5. The molecule has 1 amide bonds. The van der Waals surface area contributed by atoms with Crippen LogP contribution in [0.25, 0.3) is 0 Å². The predicted octanol–water partition coefficient (Wildman–Crippen LogP) is 0.663. The second-order valence-electron chi connectivity index (χ2n) is 5.13. The molecule has 1 saturated carbocycles. The van der Waals surface area contributed by atoms with Crippen LogP contribution in [0.5, 0.6) is 0 Å². The Hall–Kier alpha value is -1.67. The summed E-state index contributed by atoms with van der Waals surface area (Å²) in [5.74, 6) is -0.812. The number of halogens is 1. The third-order valence-corrected chi connectivity index (χ3v) is 4.59. The number of benzene rings is 1. The van der Waals surface area contributed by atoms with Gasteiger partial charge in [-0.05, 0) is 37.5 Å². The molecule has 4 N–H and O–H groups in total. The number of hydrogen-bond donors (Lipinski definition) is 3. The Kier molecular flexibility index (Phi) is 4.48. The molecule has 1 aliphatic rings. The quantitative estimate of drug-likeness (QED) is 0.671. The molecule has 116 valence electrons. The van der Waals surface area contributed by atoms with Gasteiger partial charge in [-0.15, -0.1) is 0 Å². The van der Waals surface area contributed by atoms with Gasteiger partial charge in [0.2, 0.25) is 15.9 Å². The molecular formula is C13H18FN3O3S. The van der Waals surface area contributed by atoms with Crippen molar-refractivity contribution in [1.82, 2.24) is 10.0 Å². The normalized spacial score (nSPS) is 15.0. The molecule has 0 unspecified atom stereocenters. The molecule has 21 heavy (non-hydrogen) atoms. The molecule has 0 atom stereocenters. The van der Waals surface area contributed by atoms with E-state index in [2.05, 4.69) is 10.0 Å². The topological polar surface area (TPSA) is 101 Å². The Balaban J connectivity index is 1.96. The van der Waals surface area contributed by atoms with E-state index >= 15 is 0 Å². The predicted molar refractivity (Wildman–Crippen MR) is 76.5 cm³/mol. The maximum absolute atomic E-state index is 13.4. The summed E-state index contributed by atoms with van der Waals surface area (Å²) in [6.07, 6.45) is 2.02. The van der Waals surface area contributed by atoms with Crippen LogP contribution >= 0.6 is 0 Å². The number of hydrogen-bond acceptors (Lipinski definition) is 4. The lowest BCUT2D eigenvalue weighted by atomic mass is 10.2. The van der Waals surface area contributed by atoms with Crippen LogP contribution in [-0.4, -0.2) is 26.9 Å². The fourth-order valence-corrected chi connectivity index (χ4v) is 2.98. The van der Waals surface area contributed by atoms with E-state index in [4.69, 9.17) is 5.73 Å². The molecule has 0 radical (unpaired) electrons. The van der Waals surface area contributed by atoms with Crippen LogP contribution in [0, 0.1) is 12.7 Å². The number of nitrogens with two attached hydrogens (primary N) is 1. The van der Waals surface area contributed by atoms with E-state index in [9.17, 15) is 17.6 Å². The first kappa shape index (κ1) is 15.7. The van der Waals surface area contributed by atoms with Crippen molar-refractivity contribution in [3.8, 4) is 0 Å². The number of sulfonamides is 1. The number of nitrogens with one attached hydrogen (secondary N) is 2. The number of anilines is 1. The summed E-state index contributed by atoms with van der Waals surface area (Å²) < 4.78 is 39.8. The summed E-state index contributed by atoms with van der Waals surface area (Å²) in [7, 11) is -3.81. The molecule has 1 aromatic rings. The van der Waals surface area contributed by atoms with Gasteiger partial charge in [0.05, 0.1) is 10.6 Å². The van der Waals surface area contributed by atoms with E-state index in [1.54, 1.807) is 0 Å². The highest BCUT2D eigenvalue weighted by Gasteiger charge is 2.23. The summed E-state index contributed by atoms with van der Waals surface area (Å²) in [5, 5.41) is 2.76. The summed E-state index contributed by atoms with van der Waals surface area (Å²) >= 11 is 0. The van der Waals surface area contributed by atoms with Crippen molar-refractivity contribution in [3.63, 3.8) is 0 Å². The van der Waals surface area contributed by atoms with Crippen LogP contribution in [0.15, 0.2) is 17.0 Å². The van der Waals surface area contributed by atoms with Gasteiger partial charge in [-0.1, -0.05) is 0 Å². The van der Waals surface area contributed by atoms with Crippen molar-refractivity contribution in [3.05, 3.63) is 23.5 Å². The van der Waals surface area contributed by atoms with E-state index < -0.39 is 15.8 Å². The summed E-state index contributed by atoms with van der Waals surface area (Å²) in [4.78, 5) is 11.3. The van der Waals surface area contributed by atoms with Crippen LogP contribution in [0.1, 0.15) is 24.8 Å². The van der Waals surface area contributed by atoms with Gasteiger partial charge >= 0.3 is 0 Å². The van der Waals surface area contributed by atoms with E-state index in [1.807, 2.05) is 0 Å². The molecule has 0 aromatic heterocycles. The number of rotatable bonds is 6. The molecule has 0 heterocycles. The van der Waals surface area contributed by atoms with Gasteiger partial charge in [-0.25, -0.2) is 17.5 Å². The molecule has 0 aliphatic heterocycles. The van der Waals surface area contributed by atoms with Crippen molar-refractivity contribution in [1.29, 1.82) is 0 Å². The van der Waals surface area contributed by atoms with Crippen LogP contribution in [0.3, 0.4) is 0 Å². The number of amides is 1. The molecule has 0 spiro atoms. The van der Waals surface area contributed by atoms with Gasteiger partial charge in [0.15, 0.2) is 0 Å². The molecule has 2 rings (SSSR count). The zero-order valence-electron chi connectivity index (χ0n) is 11.6. The van der Waals surface area contributed by atoms with Gasteiger partial charge in [0.25, 0.3) is 0 Å². The second-order valence-corrected chi connectivity index (χ2v) is 6.90. The highest BCUT2D eigenvalue weighted by Crippen LogP contribution is 2.21. The maximum atomic E-state index is 13.4. The molecule has 1 aliphatic carbocycles. The SMILES string of the molecule is Cc1cc(S(=O)(=O)NCCC(=O)NC2CC2)cc(N)c1F. The fraction of sp³-hybridized carbons (Fsp3) is 0.462. The minimum atomic E-state index is -3.81. The average Bonchev–Trinajstić information content (AvgIpc) is 3.18. The van der Waals surface area contributed by atoms with Crippen molar-refractivity contribution in [2.24, 2.45) is 0 Å². The first-order valence-corrected chi connectivity index (χ1v) is 8.12. The van der Waals surface area contributed by atoms with E-state index in [0.29, 0.717) is 0 Å². The first-order chi connectivity index (χ1) is 9.79. The van der Waals surface area contributed by atoms with E-state index in [0.717, 1.165) is 18.9 Å². The fourth-order valence-electron chi connectivity index (χ4n) is 1.83. The van der Waals surface area contributed by atoms with E-state index in [-0.39, 0.29) is 41.1 Å². The van der Waals surface area contributed by atoms with Crippen LogP contribution in [0.2, 0.25) is 0 Å². The summed E-state index contributed by atoms with van der Waals surface area (Å²) in [5.41, 5.74) is 5.36. The first-order valence-electron chi connectivity index (χ1n) is 6.64. The lowest BCUT2D eigenvalue weighted by Crippen LogP contribution is -2.31. The van der Waals surface area contributed by atoms with Gasteiger partial charge in [0.1, 0.15) is 5.82 Å². The Bertz CT molecular complexity index is 634. The lowest BCUT2D eigenvalue weighted by molar-refractivity contribution is -0.121.